The molecule has 0 aliphatic rings. The molecule has 0 aliphatic heterocycles. The smallest absolute Gasteiger partial charge is 0.119 e. The van der Waals surface area contributed by atoms with Crippen LogP contribution in [0.1, 0.15) is 26.3 Å². The Kier molecular flexibility index (Phi) is 5.17. The van der Waals surface area contributed by atoms with Gasteiger partial charge >= 0.3 is 0 Å². The van der Waals surface area contributed by atoms with E-state index in [2.05, 4.69) is 6.58 Å². The number of hydrogen-bond acceptors (Lipinski definition) is 2. The van der Waals surface area contributed by atoms with Gasteiger partial charge < -0.3 is 9.84 Å². The van der Waals surface area contributed by atoms with Crippen molar-refractivity contribution in [2.75, 3.05) is 6.61 Å². The summed E-state index contributed by atoms with van der Waals surface area (Å²) in [5.41, 5.74) is 0.910. The van der Waals surface area contributed by atoms with Gasteiger partial charge in [0.05, 0.1) is 6.10 Å². The molecule has 1 aromatic carbocycles. The van der Waals surface area contributed by atoms with Crippen LogP contribution < -0.4 is 4.74 Å². The molecular weight excluding hydrogens is 224 g/mol. The van der Waals surface area contributed by atoms with Crippen LogP contribution in [0.3, 0.4) is 0 Å². The van der Waals surface area contributed by atoms with Gasteiger partial charge in [0.15, 0.2) is 0 Å². The van der Waals surface area contributed by atoms with Crippen LogP contribution in [0.4, 0.5) is 0 Å². The third-order valence-electron chi connectivity index (χ3n) is 2.61. The number of ether oxygens (including phenoxy) is 1. The van der Waals surface area contributed by atoms with E-state index >= 15 is 0 Å². The van der Waals surface area contributed by atoms with E-state index in [1.165, 1.54) is 0 Å². The highest BCUT2D eigenvalue weighted by Crippen LogP contribution is 2.21. The molecule has 2 heteroatoms. The second-order valence-electron chi connectivity index (χ2n) is 5.34. The second-order valence-corrected chi connectivity index (χ2v) is 5.34. The van der Waals surface area contributed by atoms with Crippen molar-refractivity contribution >= 4 is 6.08 Å². The maximum atomic E-state index is 9.90. The summed E-state index contributed by atoms with van der Waals surface area (Å²) >= 11 is 0. The van der Waals surface area contributed by atoms with Gasteiger partial charge in [-0.25, -0.2) is 0 Å². The van der Waals surface area contributed by atoms with E-state index in [1.54, 1.807) is 6.08 Å². The number of hydrogen-bond donors (Lipinski definition) is 1. The van der Waals surface area contributed by atoms with Crippen LogP contribution in [0.5, 0.6) is 5.75 Å². The fraction of sp³-hybridized carbons (Fsp3) is 0.375. The third-order valence-corrected chi connectivity index (χ3v) is 2.61. The first-order valence-electron chi connectivity index (χ1n) is 6.13. The molecule has 98 valence electrons. The van der Waals surface area contributed by atoms with E-state index in [9.17, 15) is 5.11 Å². The highest BCUT2D eigenvalue weighted by atomic mass is 16.5. The molecule has 0 saturated carbocycles. The van der Waals surface area contributed by atoms with Crippen LogP contribution in [-0.4, -0.2) is 17.8 Å². The van der Waals surface area contributed by atoms with E-state index < -0.39 is 6.10 Å². The van der Waals surface area contributed by atoms with Gasteiger partial charge in [-0.1, -0.05) is 57.7 Å². The molecule has 0 bridgehead atoms. The van der Waals surface area contributed by atoms with Crippen molar-refractivity contribution in [2.45, 2.75) is 26.9 Å². The van der Waals surface area contributed by atoms with Crippen molar-refractivity contribution in [2.24, 2.45) is 5.41 Å². The number of aliphatic hydroxyl groups excluding tert-OH is 1. The first kappa shape index (κ1) is 14.5. The maximum absolute atomic E-state index is 9.90. The molecule has 0 radical (unpaired) electrons. The lowest BCUT2D eigenvalue weighted by molar-refractivity contribution is 0.106. The summed E-state index contributed by atoms with van der Waals surface area (Å²) in [6, 6.07) is 7.74. The van der Waals surface area contributed by atoms with Gasteiger partial charge in [0.2, 0.25) is 0 Å². The molecule has 0 fully saturated rings. The molecular formula is C16H22O2. The van der Waals surface area contributed by atoms with E-state index in [0.29, 0.717) is 6.61 Å². The molecule has 1 unspecified atom stereocenters. The van der Waals surface area contributed by atoms with Crippen LogP contribution in [0.2, 0.25) is 0 Å². The normalized spacial score (nSPS) is 13.6. The van der Waals surface area contributed by atoms with E-state index in [4.69, 9.17) is 4.74 Å². The van der Waals surface area contributed by atoms with Crippen molar-refractivity contribution in [1.82, 2.24) is 0 Å². The summed E-state index contributed by atoms with van der Waals surface area (Å²) in [7, 11) is 0. The fourth-order valence-corrected chi connectivity index (χ4v) is 1.32. The molecule has 18 heavy (non-hydrogen) atoms. The fourth-order valence-electron chi connectivity index (χ4n) is 1.32. The van der Waals surface area contributed by atoms with Crippen LogP contribution in [0, 0.1) is 5.41 Å². The van der Waals surface area contributed by atoms with Gasteiger partial charge in [0, 0.05) is 0 Å². The molecule has 0 aromatic heterocycles. The highest BCUT2D eigenvalue weighted by Gasteiger charge is 2.18. The Morgan fingerprint density at radius 2 is 1.89 bits per heavy atom. The van der Waals surface area contributed by atoms with Crippen LogP contribution in [0.15, 0.2) is 43.0 Å². The lowest BCUT2D eigenvalue weighted by Gasteiger charge is -2.22. The molecule has 1 N–H and O–H groups in total. The molecule has 1 rings (SSSR count). The summed E-state index contributed by atoms with van der Waals surface area (Å²) in [6.45, 7) is 10.1. The van der Waals surface area contributed by atoms with Crippen LogP contribution in [-0.2, 0) is 0 Å². The average Bonchev–Trinajstić information content (AvgIpc) is 2.33. The minimum absolute atomic E-state index is 0.135. The van der Waals surface area contributed by atoms with E-state index in [-0.39, 0.29) is 5.41 Å². The summed E-state index contributed by atoms with van der Waals surface area (Å²) in [5, 5.41) is 9.90. The summed E-state index contributed by atoms with van der Waals surface area (Å²) < 4.78 is 5.40. The maximum Gasteiger partial charge on any atom is 0.119 e. The van der Waals surface area contributed by atoms with Gasteiger partial charge in [-0.2, -0.15) is 0 Å². The minimum atomic E-state index is -0.450. The quantitative estimate of drug-likeness (QED) is 0.803. The Balaban J connectivity index is 2.63. The molecule has 1 aromatic rings. The molecule has 0 saturated heterocycles. The number of aliphatic hydroxyl groups is 1. The lowest BCUT2D eigenvalue weighted by Crippen LogP contribution is -2.23. The number of rotatable bonds is 5. The van der Waals surface area contributed by atoms with Crippen molar-refractivity contribution in [3.8, 4) is 5.75 Å². The molecule has 0 spiro atoms. The Morgan fingerprint density at radius 1 is 1.28 bits per heavy atom. The summed E-state index contributed by atoms with van der Waals surface area (Å²) in [5.74, 6) is 0.823. The van der Waals surface area contributed by atoms with Gasteiger partial charge in [-0.3, -0.25) is 0 Å². The molecule has 1 atom stereocenters. The summed E-state index contributed by atoms with van der Waals surface area (Å²) in [6.07, 6.45) is 5.01. The van der Waals surface area contributed by atoms with Crippen molar-refractivity contribution in [3.05, 3.63) is 48.6 Å². The number of benzene rings is 1. The Hall–Kier alpha value is -1.54. The van der Waals surface area contributed by atoms with Crippen molar-refractivity contribution in [1.29, 1.82) is 0 Å². The van der Waals surface area contributed by atoms with Gasteiger partial charge in [0.25, 0.3) is 0 Å². The zero-order chi connectivity index (χ0) is 13.6. The van der Waals surface area contributed by atoms with Crippen LogP contribution >= 0.6 is 0 Å². The lowest BCUT2D eigenvalue weighted by atomic mass is 9.89. The zero-order valence-electron chi connectivity index (χ0n) is 11.4. The van der Waals surface area contributed by atoms with E-state index in [1.807, 2.05) is 57.2 Å². The molecule has 0 heterocycles. The van der Waals surface area contributed by atoms with Gasteiger partial charge in [-0.05, 0) is 23.1 Å². The predicted molar refractivity (Wildman–Crippen MR) is 76.6 cm³/mol. The first-order valence-corrected chi connectivity index (χ1v) is 6.13. The first-order chi connectivity index (χ1) is 8.43. The monoisotopic (exact) mass is 246 g/mol. The predicted octanol–water partition coefficient (Wildman–Crippen LogP) is 3.67. The van der Waals surface area contributed by atoms with Crippen LogP contribution in [0.25, 0.3) is 6.08 Å². The van der Waals surface area contributed by atoms with Gasteiger partial charge in [-0.15, -0.1) is 0 Å². The average molecular weight is 246 g/mol. The van der Waals surface area contributed by atoms with Crippen molar-refractivity contribution in [3.63, 3.8) is 0 Å². The minimum Gasteiger partial charge on any atom is -0.490 e. The Labute approximate surface area is 110 Å². The third kappa shape index (κ3) is 4.76. The van der Waals surface area contributed by atoms with E-state index in [0.717, 1.165) is 11.3 Å². The molecule has 0 amide bonds. The Bertz CT molecular complexity index is 396. The SMILES string of the molecule is C=CCOc1ccc(C=CC(O)C(C)(C)C)cc1. The zero-order valence-corrected chi connectivity index (χ0v) is 11.4. The largest absolute Gasteiger partial charge is 0.490 e. The standard InChI is InChI=1S/C16H22O2/c1-5-12-18-14-9-6-13(7-10-14)8-11-15(17)16(2,3)4/h5-11,15,17H,1,12H2,2-4H3. The molecule has 2 nitrogen and oxygen atoms in total. The van der Waals surface area contributed by atoms with Gasteiger partial charge in [0.1, 0.15) is 12.4 Å². The molecule has 0 aliphatic carbocycles. The highest BCUT2D eigenvalue weighted by molar-refractivity contribution is 5.51. The summed E-state index contributed by atoms with van der Waals surface area (Å²) in [4.78, 5) is 0. The Morgan fingerprint density at radius 3 is 2.39 bits per heavy atom. The second kappa shape index (κ2) is 6.41. The topological polar surface area (TPSA) is 29.5 Å². The van der Waals surface area contributed by atoms with Crippen molar-refractivity contribution < 1.29 is 9.84 Å².